The maximum Gasteiger partial charge on any atom is 0.174 e. The van der Waals surface area contributed by atoms with Crippen molar-refractivity contribution in [1.29, 1.82) is 0 Å². The SMILES string of the molecule is Clc1cc(Cl)c(OCc2cc(CNC3CC3)no2)cc1Cl. The molecule has 0 saturated heterocycles. The summed E-state index contributed by atoms with van der Waals surface area (Å²) in [6, 6.07) is 5.63. The highest BCUT2D eigenvalue weighted by atomic mass is 35.5. The van der Waals surface area contributed by atoms with Crippen LogP contribution >= 0.6 is 34.8 Å². The largest absolute Gasteiger partial charge is 0.484 e. The lowest BCUT2D eigenvalue weighted by molar-refractivity contribution is 0.248. The second-order valence-electron chi connectivity index (χ2n) is 4.93. The Hall–Kier alpha value is -0.940. The van der Waals surface area contributed by atoms with Gasteiger partial charge in [0.25, 0.3) is 0 Å². The third-order valence-corrected chi connectivity index (χ3v) is 4.12. The van der Waals surface area contributed by atoms with Crippen LogP contribution in [0.1, 0.15) is 24.3 Å². The average Bonchev–Trinajstić information content (AvgIpc) is 3.18. The van der Waals surface area contributed by atoms with Gasteiger partial charge in [-0.1, -0.05) is 40.0 Å². The van der Waals surface area contributed by atoms with E-state index in [0.29, 0.717) is 39.2 Å². The smallest absolute Gasteiger partial charge is 0.174 e. The van der Waals surface area contributed by atoms with E-state index in [1.165, 1.54) is 12.8 Å². The molecule has 1 N–H and O–H groups in total. The van der Waals surface area contributed by atoms with Gasteiger partial charge < -0.3 is 14.6 Å². The minimum Gasteiger partial charge on any atom is -0.484 e. The molecule has 2 aromatic rings. The van der Waals surface area contributed by atoms with Gasteiger partial charge in [0.2, 0.25) is 0 Å². The number of ether oxygens (including phenoxy) is 1. The fourth-order valence-corrected chi connectivity index (χ4v) is 2.40. The van der Waals surface area contributed by atoms with Crippen molar-refractivity contribution in [2.45, 2.75) is 32.0 Å². The molecule has 0 aliphatic heterocycles. The van der Waals surface area contributed by atoms with E-state index in [1.54, 1.807) is 12.1 Å². The molecule has 3 rings (SSSR count). The molecule has 7 heteroatoms. The van der Waals surface area contributed by atoms with E-state index in [1.807, 2.05) is 6.07 Å². The first kappa shape index (κ1) is 15.0. The zero-order chi connectivity index (χ0) is 14.8. The molecule has 1 aliphatic rings. The molecule has 0 amide bonds. The molecule has 0 unspecified atom stereocenters. The summed E-state index contributed by atoms with van der Waals surface area (Å²) in [4.78, 5) is 0. The van der Waals surface area contributed by atoms with Crippen LogP contribution in [0.4, 0.5) is 0 Å². The monoisotopic (exact) mass is 346 g/mol. The third kappa shape index (κ3) is 4.04. The minimum atomic E-state index is 0.230. The van der Waals surface area contributed by atoms with Crippen molar-refractivity contribution < 1.29 is 9.26 Å². The quantitative estimate of drug-likeness (QED) is 0.783. The molecule has 0 bridgehead atoms. The van der Waals surface area contributed by atoms with Gasteiger partial charge in [-0.05, 0) is 18.9 Å². The zero-order valence-electron chi connectivity index (χ0n) is 11.0. The van der Waals surface area contributed by atoms with E-state index < -0.39 is 0 Å². The summed E-state index contributed by atoms with van der Waals surface area (Å²) in [6.07, 6.45) is 2.48. The Kier molecular flexibility index (Phi) is 4.60. The summed E-state index contributed by atoms with van der Waals surface area (Å²) >= 11 is 17.8. The van der Waals surface area contributed by atoms with Gasteiger partial charge >= 0.3 is 0 Å². The van der Waals surface area contributed by atoms with Crippen LogP contribution < -0.4 is 10.1 Å². The summed E-state index contributed by atoms with van der Waals surface area (Å²) in [5.41, 5.74) is 0.862. The van der Waals surface area contributed by atoms with E-state index >= 15 is 0 Å². The van der Waals surface area contributed by atoms with Crippen molar-refractivity contribution in [3.63, 3.8) is 0 Å². The Morgan fingerprint density at radius 2 is 1.90 bits per heavy atom. The Labute approximate surface area is 137 Å². The number of nitrogens with zero attached hydrogens (tertiary/aromatic N) is 1. The summed E-state index contributed by atoms with van der Waals surface area (Å²) in [5, 5.41) is 8.54. The second-order valence-corrected chi connectivity index (χ2v) is 6.15. The third-order valence-electron chi connectivity index (χ3n) is 3.10. The van der Waals surface area contributed by atoms with E-state index in [-0.39, 0.29) is 6.61 Å². The van der Waals surface area contributed by atoms with Gasteiger partial charge in [0.05, 0.1) is 20.8 Å². The molecular formula is C14H13Cl3N2O2. The Balaban J connectivity index is 1.58. The molecule has 21 heavy (non-hydrogen) atoms. The molecule has 0 spiro atoms. The highest BCUT2D eigenvalue weighted by Gasteiger charge is 2.20. The lowest BCUT2D eigenvalue weighted by Gasteiger charge is -2.07. The number of aromatic nitrogens is 1. The maximum atomic E-state index is 6.04. The van der Waals surface area contributed by atoms with Crippen LogP contribution in [0.3, 0.4) is 0 Å². The van der Waals surface area contributed by atoms with Crippen molar-refractivity contribution >= 4 is 34.8 Å². The standard InChI is InChI=1S/C14H13Cl3N2O2/c15-11-4-13(17)14(5-12(11)16)20-7-10-3-9(19-21-10)6-18-8-1-2-8/h3-5,8,18H,1-2,6-7H2. The van der Waals surface area contributed by atoms with Crippen molar-refractivity contribution in [1.82, 2.24) is 10.5 Å². The topological polar surface area (TPSA) is 47.3 Å². The van der Waals surface area contributed by atoms with Gasteiger partial charge in [0, 0.05) is 24.7 Å². The van der Waals surface area contributed by atoms with Gasteiger partial charge in [-0.15, -0.1) is 0 Å². The molecule has 0 atom stereocenters. The predicted molar refractivity (Wildman–Crippen MR) is 82.2 cm³/mol. The fraction of sp³-hybridized carbons (Fsp3) is 0.357. The van der Waals surface area contributed by atoms with E-state index in [2.05, 4.69) is 10.5 Å². The molecule has 112 valence electrons. The number of rotatable bonds is 6. The van der Waals surface area contributed by atoms with E-state index in [0.717, 1.165) is 5.69 Å². The Morgan fingerprint density at radius 1 is 1.14 bits per heavy atom. The summed E-state index contributed by atoms with van der Waals surface area (Å²) < 4.78 is 10.8. The van der Waals surface area contributed by atoms with Crippen LogP contribution in [0.2, 0.25) is 15.1 Å². The zero-order valence-corrected chi connectivity index (χ0v) is 13.3. The maximum absolute atomic E-state index is 6.04. The van der Waals surface area contributed by atoms with Crippen LogP contribution in [0.15, 0.2) is 22.7 Å². The Morgan fingerprint density at radius 3 is 2.67 bits per heavy atom. The summed E-state index contributed by atoms with van der Waals surface area (Å²) in [5.74, 6) is 1.09. The first-order valence-corrected chi connectivity index (χ1v) is 7.70. The lowest BCUT2D eigenvalue weighted by atomic mass is 10.3. The lowest BCUT2D eigenvalue weighted by Crippen LogP contribution is -2.15. The molecular weight excluding hydrogens is 335 g/mol. The van der Waals surface area contributed by atoms with Crippen LogP contribution in [0, 0.1) is 0 Å². The predicted octanol–water partition coefficient (Wildman–Crippen LogP) is 4.47. The highest BCUT2D eigenvalue weighted by Crippen LogP contribution is 2.34. The van der Waals surface area contributed by atoms with Crippen LogP contribution in [0.25, 0.3) is 0 Å². The minimum absolute atomic E-state index is 0.230. The van der Waals surface area contributed by atoms with Crippen molar-refractivity contribution in [2.75, 3.05) is 0 Å². The Bertz CT molecular complexity index is 641. The number of halogens is 3. The van der Waals surface area contributed by atoms with Gasteiger partial charge in [0.1, 0.15) is 12.4 Å². The first-order chi connectivity index (χ1) is 10.1. The highest BCUT2D eigenvalue weighted by molar-refractivity contribution is 6.43. The van der Waals surface area contributed by atoms with Crippen LogP contribution in [-0.2, 0) is 13.2 Å². The van der Waals surface area contributed by atoms with Crippen LogP contribution in [-0.4, -0.2) is 11.2 Å². The van der Waals surface area contributed by atoms with Gasteiger partial charge in [-0.2, -0.15) is 0 Å². The van der Waals surface area contributed by atoms with E-state index in [4.69, 9.17) is 44.1 Å². The molecule has 4 nitrogen and oxygen atoms in total. The van der Waals surface area contributed by atoms with Crippen molar-refractivity contribution in [3.05, 3.63) is 44.7 Å². The number of hydrogen-bond donors (Lipinski definition) is 1. The average molecular weight is 348 g/mol. The molecule has 1 aromatic heterocycles. The van der Waals surface area contributed by atoms with Crippen LogP contribution in [0.5, 0.6) is 5.75 Å². The molecule has 1 fully saturated rings. The number of nitrogens with one attached hydrogen (secondary N) is 1. The van der Waals surface area contributed by atoms with Crippen molar-refractivity contribution in [2.24, 2.45) is 0 Å². The summed E-state index contributed by atoms with van der Waals surface area (Å²) in [6.45, 7) is 0.940. The molecule has 1 saturated carbocycles. The molecule has 1 heterocycles. The second kappa shape index (κ2) is 6.44. The summed E-state index contributed by atoms with van der Waals surface area (Å²) in [7, 11) is 0. The number of hydrogen-bond acceptors (Lipinski definition) is 4. The fourth-order valence-electron chi connectivity index (χ4n) is 1.81. The normalized spacial score (nSPS) is 14.4. The van der Waals surface area contributed by atoms with Gasteiger partial charge in [-0.3, -0.25) is 0 Å². The van der Waals surface area contributed by atoms with E-state index in [9.17, 15) is 0 Å². The first-order valence-electron chi connectivity index (χ1n) is 6.57. The van der Waals surface area contributed by atoms with Gasteiger partial charge in [0.15, 0.2) is 5.76 Å². The number of benzene rings is 1. The molecule has 1 aliphatic carbocycles. The van der Waals surface area contributed by atoms with Crippen molar-refractivity contribution in [3.8, 4) is 5.75 Å². The van der Waals surface area contributed by atoms with Gasteiger partial charge in [-0.25, -0.2) is 0 Å². The molecule has 1 aromatic carbocycles. The molecule has 0 radical (unpaired) electrons.